The van der Waals surface area contributed by atoms with Crippen molar-refractivity contribution >= 4 is 30.1 Å². The lowest BCUT2D eigenvalue weighted by molar-refractivity contribution is -0.121. The highest BCUT2D eigenvalue weighted by Gasteiger charge is 2.16. The van der Waals surface area contributed by atoms with Crippen molar-refractivity contribution in [2.75, 3.05) is 44.4 Å². The molecule has 0 radical (unpaired) electrons. The molecular formula is C14H27ClN2O3S. The quantitative estimate of drug-likeness (QED) is 0.651. The van der Waals surface area contributed by atoms with Crippen LogP contribution in [0.25, 0.3) is 0 Å². The van der Waals surface area contributed by atoms with Crippen LogP contribution in [0, 0.1) is 0 Å². The second-order valence-corrected chi connectivity index (χ2v) is 6.49. The SMILES string of the molecule is Cl.O=C(CC1CSCCN1)NCCCOCC1CCCO1. The molecule has 5 nitrogen and oxygen atoms in total. The van der Waals surface area contributed by atoms with Gasteiger partial charge in [-0.2, -0.15) is 11.8 Å². The van der Waals surface area contributed by atoms with Gasteiger partial charge in [-0.25, -0.2) is 0 Å². The Balaban J connectivity index is 0.00000220. The predicted octanol–water partition coefficient (Wildman–Crippen LogP) is 1.21. The van der Waals surface area contributed by atoms with Gasteiger partial charge in [-0.1, -0.05) is 0 Å². The summed E-state index contributed by atoms with van der Waals surface area (Å²) < 4.78 is 11.0. The van der Waals surface area contributed by atoms with Crippen molar-refractivity contribution < 1.29 is 14.3 Å². The molecule has 0 saturated carbocycles. The lowest BCUT2D eigenvalue weighted by atomic mass is 10.2. The molecule has 2 atom stereocenters. The van der Waals surface area contributed by atoms with Crippen molar-refractivity contribution in [2.24, 2.45) is 0 Å². The molecule has 1 amide bonds. The average Bonchev–Trinajstić information content (AvgIpc) is 2.97. The van der Waals surface area contributed by atoms with Crippen LogP contribution in [0.3, 0.4) is 0 Å². The van der Waals surface area contributed by atoms with E-state index in [9.17, 15) is 4.79 Å². The molecular weight excluding hydrogens is 312 g/mol. The van der Waals surface area contributed by atoms with Crippen LogP contribution in [0.4, 0.5) is 0 Å². The van der Waals surface area contributed by atoms with Gasteiger partial charge in [0.05, 0.1) is 12.7 Å². The van der Waals surface area contributed by atoms with E-state index in [-0.39, 0.29) is 18.3 Å². The Hall–Kier alpha value is -0.0100. The summed E-state index contributed by atoms with van der Waals surface area (Å²) in [6, 6.07) is 0.338. The summed E-state index contributed by atoms with van der Waals surface area (Å²) in [6.07, 6.45) is 4.01. The summed E-state index contributed by atoms with van der Waals surface area (Å²) in [6.45, 7) is 3.97. The first-order valence-corrected chi connectivity index (χ1v) is 8.77. The lowest BCUT2D eigenvalue weighted by Gasteiger charge is -2.22. The maximum atomic E-state index is 11.7. The van der Waals surface area contributed by atoms with Crippen molar-refractivity contribution in [3.05, 3.63) is 0 Å². The minimum atomic E-state index is 0. The Morgan fingerprint density at radius 2 is 2.38 bits per heavy atom. The third-order valence-electron chi connectivity index (χ3n) is 3.55. The van der Waals surface area contributed by atoms with E-state index >= 15 is 0 Å². The number of ether oxygens (including phenoxy) is 2. The Kier molecular flexibility index (Phi) is 10.5. The van der Waals surface area contributed by atoms with E-state index < -0.39 is 0 Å². The van der Waals surface area contributed by atoms with Crippen LogP contribution in [0.15, 0.2) is 0 Å². The van der Waals surface area contributed by atoms with Gasteiger partial charge < -0.3 is 20.1 Å². The van der Waals surface area contributed by atoms with E-state index in [4.69, 9.17) is 9.47 Å². The summed E-state index contributed by atoms with van der Waals surface area (Å²) in [7, 11) is 0. The van der Waals surface area contributed by atoms with Crippen molar-refractivity contribution in [1.29, 1.82) is 0 Å². The van der Waals surface area contributed by atoms with Crippen LogP contribution in [-0.2, 0) is 14.3 Å². The monoisotopic (exact) mass is 338 g/mol. The fourth-order valence-electron chi connectivity index (χ4n) is 2.44. The van der Waals surface area contributed by atoms with Gasteiger partial charge in [0.1, 0.15) is 0 Å². The first-order chi connectivity index (χ1) is 9.84. The van der Waals surface area contributed by atoms with Crippen LogP contribution in [0.2, 0.25) is 0 Å². The number of hydrogen-bond acceptors (Lipinski definition) is 5. The molecule has 2 fully saturated rings. The van der Waals surface area contributed by atoms with Gasteiger partial charge in [0.25, 0.3) is 0 Å². The van der Waals surface area contributed by atoms with E-state index in [1.54, 1.807) is 0 Å². The molecule has 2 saturated heterocycles. The highest BCUT2D eigenvalue weighted by atomic mass is 35.5. The maximum absolute atomic E-state index is 11.7. The summed E-state index contributed by atoms with van der Waals surface area (Å²) in [5, 5.41) is 6.33. The molecule has 0 aromatic carbocycles. The van der Waals surface area contributed by atoms with E-state index in [1.807, 2.05) is 11.8 Å². The zero-order valence-electron chi connectivity index (χ0n) is 12.5. The zero-order valence-corrected chi connectivity index (χ0v) is 14.1. The van der Waals surface area contributed by atoms with Gasteiger partial charge in [-0.05, 0) is 19.3 Å². The standard InChI is InChI=1S/C14H26N2O3S.ClH/c17-14(9-12-11-20-8-5-15-12)16-4-2-6-18-10-13-3-1-7-19-13;/h12-13,15H,1-11H2,(H,16,17);1H. The van der Waals surface area contributed by atoms with Crippen LogP contribution < -0.4 is 10.6 Å². The molecule has 2 aliphatic heterocycles. The van der Waals surface area contributed by atoms with E-state index in [0.717, 1.165) is 43.9 Å². The molecule has 124 valence electrons. The van der Waals surface area contributed by atoms with Crippen LogP contribution in [-0.4, -0.2) is 62.5 Å². The summed E-state index contributed by atoms with van der Waals surface area (Å²) in [5.41, 5.74) is 0. The molecule has 2 aliphatic rings. The van der Waals surface area contributed by atoms with E-state index in [0.29, 0.717) is 38.3 Å². The Morgan fingerprint density at radius 3 is 3.10 bits per heavy atom. The van der Waals surface area contributed by atoms with Crippen molar-refractivity contribution in [1.82, 2.24) is 10.6 Å². The normalized spacial score (nSPS) is 25.3. The Bertz CT molecular complexity index is 285. The molecule has 0 spiro atoms. The molecule has 0 aromatic heterocycles. The maximum Gasteiger partial charge on any atom is 0.221 e. The third-order valence-corrected chi connectivity index (χ3v) is 4.68. The fraction of sp³-hybridized carbons (Fsp3) is 0.929. The van der Waals surface area contributed by atoms with Gasteiger partial charge in [0, 0.05) is 50.3 Å². The van der Waals surface area contributed by atoms with Crippen molar-refractivity contribution in [2.45, 2.75) is 37.8 Å². The fourth-order valence-corrected chi connectivity index (χ4v) is 3.39. The molecule has 2 rings (SSSR count). The second-order valence-electron chi connectivity index (χ2n) is 5.34. The first-order valence-electron chi connectivity index (χ1n) is 7.62. The van der Waals surface area contributed by atoms with E-state index in [1.165, 1.54) is 0 Å². The molecule has 0 aromatic rings. The minimum absolute atomic E-state index is 0. The molecule has 2 unspecified atom stereocenters. The molecule has 2 N–H and O–H groups in total. The summed E-state index contributed by atoms with van der Waals surface area (Å²) in [4.78, 5) is 11.7. The van der Waals surface area contributed by atoms with Gasteiger partial charge in [0.2, 0.25) is 5.91 Å². The number of nitrogens with one attached hydrogen (secondary N) is 2. The van der Waals surface area contributed by atoms with Gasteiger partial charge in [-0.3, -0.25) is 4.79 Å². The number of rotatable bonds is 8. The average molecular weight is 339 g/mol. The topological polar surface area (TPSA) is 59.6 Å². The summed E-state index contributed by atoms with van der Waals surface area (Å²) >= 11 is 1.92. The highest BCUT2D eigenvalue weighted by Crippen LogP contribution is 2.12. The minimum Gasteiger partial charge on any atom is -0.379 e. The number of thioether (sulfide) groups is 1. The molecule has 21 heavy (non-hydrogen) atoms. The van der Waals surface area contributed by atoms with Crippen molar-refractivity contribution in [3.8, 4) is 0 Å². The van der Waals surface area contributed by atoms with Gasteiger partial charge in [-0.15, -0.1) is 12.4 Å². The highest BCUT2D eigenvalue weighted by molar-refractivity contribution is 7.99. The molecule has 7 heteroatoms. The summed E-state index contributed by atoms with van der Waals surface area (Å²) in [5.74, 6) is 2.34. The predicted molar refractivity (Wildman–Crippen MR) is 88.4 cm³/mol. The first kappa shape index (κ1) is 19.0. The van der Waals surface area contributed by atoms with Crippen LogP contribution in [0.1, 0.15) is 25.7 Å². The second kappa shape index (κ2) is 11.5. The Labute approximate surface area is 137 Å². The lowest BCUT2D eigenvalue weighted by Crippen LogP contribution is -2.41. The Morgan fingerprint density at radius 1 is 1.48 bits per heavy atom. The largest absolute Gasteiger partial charge is 0.379 e. The number of halogens is 1. The van der Waals surface area contributed by atoms with Gasteiger partial charge >= 0.3 is 0 Å². The smallest absolute Gasteiger partial charge is 0.221 e. The van der Waals surface area contributed by atoms with Crippen molar-refractivity contribution in [3.63, 3.8) is 0 Å². The van der Waals surface area contributed by atoms with Crippen LogP contribution >= 0.6 is 24.2 Å². The number of hydrogen-bond donors (Lipinski definition) is 2. The van der Waals surface area contributed by atoms with E-state index in [2.05, 4.69) is 10.6 Å². The molecule has 0 aliphatic carbocycles. The third kappa shape index (κ3) is 8.26. The number of carbonyl (C=O) groups is 1. The number of carbonyl (C=O) groups excluding carboxylic acids is 1. The number of amides is 1. The molecule has 2 heterocycles. The zero-order chi connectivity index (χ0) is 14.0. The molecule has 0 bridgehead atoms. The van der Waals surface area contributed by atoms with Gasteiger partial charge in [0.15, 0.2) is 0 Å². The van der Waals surface area contributed by atoms with Crippen LogP contribution in [0.5, 0.6) is 0 Å².